The van der Waals surface area contributed by atoms with E-state index in [1.165, 1.54) is 34.3 Å². The maximum Gasteiger partial charge on any atom is 0.342 e. The van der Waals surface area contributed by atoms with E-state index in [1.54, 1.807) is 23.0 Å². The number of rotatable bonds is 8. The minimum Gasteiger partial charge on any atom is -0.493 e. The first kappa shape index (κ1) is 21.1. The fraction of sp³-hybridized carbons (Fsp3) is 0.421. The lowest BCUT2D eigenvalue weighted by Gasteiger charge is -2.18. The highest BCUT2D eigenvalue weighted by Crippen LogP contribution is 2.40. The number of methoxy groups -OCH3 is 3. The van der Waals surface area contributed by atoms with Crippen LogP contribution in [0.5, 0.6) is 17.2 Å². The molecule has 1 N–H and O–H groups in total. The number of aromatic nitrogens is 2. The minimum atomic E-state index is -1.04. The largest absolute Gasteiger partial charge is 0.493 e. The predicted octanol–water partition coefficient (Wildman–Crippen LogP) is 2.67. The Labute approximate surface area is 163 Å². The van der Waals surface area contributed by atoms with Gasteiger partial charge in [0.15, 0.2) is 17.6 Å². The molecule has 1 amide bonds. The van der Waals surface area contributed by atoms with Crippen molar-refractivity contribution in [2.24, 2.45) is 0 Å². The van der Waals surface area contributed by atoms with Crippen molar-refractivity contribution in [2.45, 2.75) is 32.9 Å². The van der Waals surface area contributed by atoms with Crippen molar-refractivity contribution in [3.05, 3.63) is 30.0 Å². The van der Waals surface area contributed by atoms with Crippen molar-refractivity contribution >= 4 is 17.7 Å². The Morgan fingerprint density at radius 3 is 2.25 bits per heavy atom. The van der Waals surface area contributed by atoms with Crippen molar-refractivity contribution in [3.63, 3.8) is 0 Å². The van der Waals surface area contributed by atoms with E-state index >= 15 is 0 Å². The van der Waals surface area contributed by atoms with E-state index in [2.05, 4.69) is 10.4 Å². The fourth-order valence-corrected chi connectivity index (χ4v) is 2.59. The number of esters is 1. The average Bonchev–Trinajstić information content (AvgIpc) is 3.14. The number of hydrogen-bond donors (Lipinski definition) is 1. The number of nitrogens with one attached hydrogen (secondary N) is 1. The van der Waals surface area contributed by atoms with Crippen LogP contribution in [0, 0.1) is 0 Å². The molecule has 1 heterocycles. The Balaban J connectivity index is 2.15. The van der Waals surface area contributed by atoms with Gasteiger partial charge in [-0.2, -0.15) is 5.10 Å². The first-order valence-electron chi connectivity index (χ1n) is 8.68. The third-order valence-corrected chi connectivity index (χ3v) is 3.99. The van der Waals surface area contributed by atoms with Crippen LogP contribution in [0.15, 0.2) is 24.4 Å². The Hall–Kier alpha value is -3.23. The smallest absolute Gasteiger partial charge is 0.342 e. The molecule has 2 aromatic rings. The summed E-state index contributed by atoms with van der Waals surface area (Å²) in [5, 5.41) is 6.85. The molecule has 2 rings (SSSR count). The highest BCUT2D eigenvalue weighted by Gasteiger charge is 2.25. The molecule has 9 heteroatoms. The number of carbonyl (C=O) groups is 2. The summed E-state index contributed by atoms with van der Waals surface area (Å²) < 4.78 is 22.7. The second-order valence-corrected chi connectivity index (χ2v) is 6.17. The van der Waals surface area contributed by atoms with E-state index in [1.807, 2.05) is 13.8 Å². The third-order valence-electron chi connectivity index (χ3n) is 3.99. The molecule has 0 bridgehead atoms. The highest BCUT2D eigenvalue weighted by atomic mass is 16.6. The van der Waals surface area contributed by atoms with Crippen LogP contribution in [0.4, 0.5) is 5.82 Å². The molecule has 0 saturated heterocycles. The van der Waals surface area contributed by atoms with Gasteiger partial charge in [0.1, 0.15) is 11.4 Å². The van der Waals surface area contributed by atoms with E-state index in [9.17, 15) is 9.59 Å². The SMILES string of the molecule is COc1ccc(C(=O)O[C@H](C)C(=O)Nc2ccnn2C(C)C)c(OC)c1OC. The highest BCUT2D eigenvalue weighted by molar-refractivity contribution is 5.98. The normalized spacial score (nSPS) is 11.7. The van der Waals surface area contributed by atoms with E-state index in [4.69, 9.17) is 18.9 Å². The lowest BCUT2D eigenvalue weighted by molar-refractivity contribution is -0.123. The van der Waals surface area contributed by atoms with Crippen molar-refractivity contribution in [1.29, 1.82) is 0 Å². The first-order valence-corrected chi connectivity index (χ1v) is 8.68. The Bertz CT molecular complexity index is 846. The van der Waals surface area contributed by atoms with Gasteiger partial charge in [0.2, 0.25) is 5.75 Å². The summed E-state index contributed by atoms with van der Waals surface area (Å²) in [5.74, 6) is 0.151. The van der Waals surface area contributed by atoms with Gasteiger partial charge in [-0.3, -0.25) is 4.79 Å². The summed E-state index contributed by atoms with van der Waals surface area (Å²) in [6.45, 7) is 5.36. The molecule has 0 radical (unpaired) electrons. The van der Waals surface area contributed by atoms with Gasteiger partial charge >= 0.3 is 5.97 Å². The van der Waals surface area contributed by atoms with Crippen LogP contribution in [0.3, 0.4) is 0 Å². The Morgan fingerprint density at radius 1 is 1.00 bits per heavy atom. The summed E-state index contributed by atoms with van der Waals surface area (Å²) in [4.78, 5) is 25.0. The number of hydrogen-bond acceptors (Lipinski definition) is 7. The van der Waals surface area contributed by atoms with Crippen molar-refractivity contribution < 1.29 is 28.5 Å². The summed E-state index contributed by atoms with van der Waals surface area (Å²) in [7, 11) is 4.31. The molecule has 1 aromatic carbocycles. The number of benzene rings is 1. The van der Waals surface area contributed by atoms with Gasteiger partial charge in [-0.05, 0) is 32.9 Å². The van der Waals surface area contributed by atoms with Gasteiger partial charge in [-0.1, -0.05) is 0 Å². The molecule has 0 fully saturated rings. The summed E-state index contributed by atoms with van der Waals surface area (Å²) in [6.07, 6.45) is 0.543. The molecule has 0 aliphatic carbocycles. The zero-order valence-electron chi connectivity index (χ0n) is 16.8. The molecule has 1 aromatic heterocycles. The standard InChI is InChI=1S/C19H25N3O6/c1-11(2)22-15(9-10-20-22)21-18(23)12(3)28-19(24)13-7-8-14(25-4)17(27-6)16(13)26-5/h7-12H,1-6H3,(H,21,23)/t12-/m1/s1. The quantitative estimate of drug-likeness (QED) is 0.690. The lowest BCUT2D eigenvalue weighted by Crippen LogP contribution is -2.31. The molecule has 0 spiro atoms. The first-order chi connectivity index (χ1) is 13.3. The molecule has 1 atom stereocenters. The number of amides is 1. The van der Waals surface area contributed by atoms with Gasteiger partial charge in [0.05, 0.1) is 27.5 Å². The third kappa shape index (κ3) is 4.36. The molecule has 0 saturated carbocycles. The van der Waals surface area contributed by atoms with Crippen LogP contribution in [-0.4, -0.2) is 49.1 Å². The van der Waals surface area contributed by atoms with E-state index in [0.29, 0.717) is 11.6 Å². The lowest BCUT2D eigenvalue weighted by atomic mass is 10.1. The number of nitrogens with zero attached hydrogens (tertiary/aromatic N) is 2. The molecular weight excluding hydrogens is 366 g/mol. The Morgan fingerprint density at radius 2 is 1.68 bits per heavy atom. The summed E-state index contributed by atoms with van der Waals surface area (Å²) >= 11 is 0. The fourth-order valence-electron chi connectivity index (χ4n) is 2.59. The monoisotopic (exact) mass is 391 g/mol. The van der Waals surface area contributed by atoms with Crippen LogP contribution in [0.25, 0.3) is 0 Å². The van der Waals surface area contributed by atoms with Gasteiger partial charge in [-0.15, -0.1) is 0 Å². The van der Waals surface area contributed by atoms with Gasteiger partial charge in [0, 0.05) is 12.1 Å². The molecule has 0 unspecified atom stereocenters. The molecule has 152 valence electrons. The Kier molecular flexibility index (Phi) is 6.86. The van der Waals surface area contributed by atoms with E-state index < -0.39 is 18.0 Å². The minimum absolute atomic E-state index is 0.0687. The van der Waals surface area contributed by atoms with Crippen molar-refractivity contribution in [3.8, 4) is 17.2 Å². The molecular formula is C19H25N3O6. The summed E-state index contributed by atoms with van der Waals surface area (Å²) in [6, 6.07) is 4.79. The van der Waals surface area contributed by atoms with E-state index in [-0.39, 0.29) is 23.1 Å². The maximum absolute atomic E-state index is 12.6. The van der Waals surface area contributed by atoms with Crippen molar-refractivity contribution in [1.82, 2.24) is 9.78 Å². The second kappa shape index (κ2) is 9.12. The van der Waals surface area contributed by atoms with Crippen molar-refractivity contribution in [2.75, 3.05) is 26.6 Å². The molecule has 28 heavy (non-hydrogen) atoms. The maximum atomic E-state index is 12.6. The van der Waals surface area contributed by atoms with Crippen LogP contribution < -0.4 is 19.5 Å². The number of anilines is 1. The summed E-state index contributed by atoms with van der Waals surface area (Å²) in [5.41, 5.74) is 0.118. The van der Waals surface area contributed by atoms with Crippen LogP contribution in [-0.2, 0) is 9.53 Å². The molecule has 0 aliphatic heterocycles. The zero-order chi connectivity index (χ0) is 20.8. The van der Waals surface area contributed by atoms with Gasteiger partial charge < -0.3 is 24.3 Å². The molecule has 0 aliphatic rings. The second-order valence-electron chi connectivity index (χ2n) is 6.17. The predicted molar refractivity (Wildman–Crippen MR) is 102 cm³/mol. The van der Waals surface area contributed by atoms with Gasteiger partial charge in [0.25, 0.3) is 5.91 Å². The zero-order valence-corrected chi connectivity index (χ0v) is 16.8. The van der Waals surface area contributed by atoms with Crippen LogP contribution in [0.1, 0.15) is 37.2 Å². The van der Waals surface area contributed by atoms with Crippen LogP contribution in [0.2, 0.25) is 0 Å². The van der Waals surface area contributed by atoms with Crippen LogP contribution >= 0.6 is 0 Å². The van der Waals surface area contributed by atoms with E-state index in [0.717, 1.165) is 0 Å². The number of carbonyl (C=O) groups excluding carboxylic acids is 2. The topological polar surface area (TPSA) is 101 Å². The van der Waals surface area contributed by atoms with Gasteiger partial charge in [-0.25, -0.2) is 9.48 Å². The number of ether oxygens (including phenoxy) is 4. The molecule has 9 nitrogen and oxygen atoms in total. The average molecular weight is 391 g/mol.